The van der Waals surface area contributed by atoms with E-state index in [2.05, 4.69) is 15.3 Å². The van der Waals surface area contributed by atoms with Crippen LogP contribution >= 0.6 is 0 Å². The highest BCUT2D eigenvalue weighted by Crippen LogP contribution is 2.31. The lowest BCUT2D eigenvalue weighted by atomic mass is 10.1. The van der Waals surface area contributed by atoms with Crippen molar-refractivity contribution in [3.05, 3.63) is 71.9 Å². The van der Waals surface area contributed by atoms with Crippen molar-refractivity contribution < 1.29 is 13.6 Å². The highest BCUT2D eigenvalue weighted by atomic mass is 19.1. The van der Waals surface area contributed by atoms with Gasteiger partial charge in [0.2, 0.25) is 11.9 Å². The number of benzene rings is 2. The minimum atomic E-state index is -0.618. The average Bonchev–Trinajstić information content (AvgIpc) is 3.20. The van der Waals surface area contributed by atoms with E-state index in [0.717, 1.165) is 11.3 Å². The van der Waals surface area contributed by atoms with Gasteiger partial charge in [0, 0.05) is 16.9 Å². The maximum Gasteiger partial charge on any atom is 0.228 e. The maximum atomic E-state index is 13.8. The van der Waals surface area contributed by atoms with E-state index in [1.165, 1.54) is 18.2 Å². The van der Waals surface area contributed by atoms with Crippen LogP contribution in [0.4, 0.5) is 14.5 Å². The topological polar surface area (TPSA) is 59.8 Å². The lowest BCUT2D eigenvalue weighted by Crippen LogP contribution is -2.03. The van der Waals surface area contributed by atoms with E-state index >= 15 is 0 Å². The van der Waals surface area contributed by atoms with Crippen molar-refractivity contribution in [2.45, 2.75) is 6.42 Å². The van der Waals surface area contributed by atoms with Crippen molar-refractivity contribution in [1.29, 1.82) is 0 Å². The Balaban J connectivity index is 1.78. The Bertz CT molecular complexity index is 1210. The quantitative estimate of drug-likeness (QED) is 0.551. The minimum Gasteiger partial charge on any atom is -0.326 e. The van der Waals surface area contributed by atoms with Gasteiger partial charge in [0.1, 0.15) is 17.2 Å². The smallest absolute Gasteiger partial charge is 0.228 e. The van der Waals surface area contributed by atoms with E-state index in [0.29, 0.717) is 28.2 Å². The van der Waals surface area contributed by atoms with Gasteiger partial charge in [0.15, 0.2) is 5.65 Å². The molecule has 0 saturated carbocycles. The third-order valence-electron chi connectivity index (χ3n) is 4.55. The van der Waals surface area contributed by atoms with Crippen LogP contribution in [0.3, 0.4) is 0 Å². The van der Waals surface area contributed by atoms with Gasteiger partial charge in [0.05, 0.1) is 6.42 Å². The predicted molar refractivity (Wildman–Crippen MR) is 96.6 cm³/mol. The molecule has 132 valence electrons. The number of imidazole rings is 1. The number of aromatic nitrogens is 3. The molecular weight excluding hydrogens is 350 g/mol. The Labute approximate surface area is 152 Å². The number of rotatable bonds is 2. The molecule has 1 aliphatic heterocycles. The summed E-state index contributed by atoms with van der Waals surface area (Å²) in [5.41, 5.74) is 3.85. The van der Waals surface area contributed by atoms with Gasteiger partial charge >= 0.3 is 0 Å². The van der Waals surface area contributed by atoms with Crippen LogP contribution in [0.1, 0.15) is 5.56 Å². The first-order chi connectivity index (χ1) is 13.1. The molecule has 0 saturated heterocycles. The third kappa shape index (κ3) is 2.55. The number of hydrogen-bond acceptors (Lipinski definition) is 3. The molecule has 3 heterocycles. The van der Waals surface area contributed by atoms with Crippen LogP contribution in [0.2, 0.25) is 0 Å². The second-order valence-electron chi connectivity index (χ2n) is 6.32. The zero-order valence-electron chi connectivity index (χ0n) is 13.9. The Morgan fingerprint density at radius 2 is 1.78 bits per heavy atom. The first-order valence-corrected chi connectivity index (χ1v) is 8.32. The number of carbonyl (C=O) groups is 1. The van der Waals surface area contributed by atoms with E-state index < -0.39 is 5.95 Å². The average molecular weight is 362 g/mol. The van der Waals surface area contributed by atoms with Crippen molar-refractivity contribution in [2.24, 2.45) is 0 Å². The minimum absolute atomic E-state index is 0.0689. The molecule has 1 N–H and O–H groups in total. The number of nitrogens with zero attached hydrogens (tertiary/aromatic N) is 3. The second-order valence-corrected chi connectivity index (χ2v) is 6.32. The molecule has 7 heteroatoms. The lowest BCUT2D eigenvalue weighted by molar-refractivity contribution is -0.115. The molecule has 0 atom stereocenters. The van der Waals surface area contributed by atoms with E-state index in [9.17, 15) is 13.6 Å². The second kappa shape index (κ2) is 5.70. The van der Waals surface area contributed by atoms with Gasteiger partial charge in [-0.25, -0.2) is 9.37 Å². The number of carbonyl (C=O) groups excluding carboxylic acids is 1. The molecule has 2 aromatic carbocycles. The molecule has 0 spiro atoms. The van der Waals surface area contributed by atoms with Crippen LogP contribution in [-0.2, 0) is 11.2 Å². The molecule has 5 rings (SSSR count). The van der Waals surface area contributed by atoms with Crippen molar-refractivity contribution in [2.75, 3.05) is 5.32 Å². The molecular formula is C20H12F2N4O. The Kier molecular flexibility index (Phi) is 3.30. The van der Waals surface area contributed by atoms with E-state index in [1.807, 2.05) is 12.1 Å². The van der Waals surface area contributed by atoms with Crippen LogP contribution in [0.25, 0.3) is 28.2 Å². The number of pyridine rings is 1. The summed E-state index contributed by atoms with van der Waals surface area (Å²) in [7, 11) is 0. The fraction of sp³-hybridized carbons (Fsp3) is 0.0500. The van der Waals surface area contributed by atoms with Gasteiger partial charge < -0.3 is 5.32 Å². The highest BCUT2D eigenvalue weighted by Gasteiger charge is 2.21. The Morgan fingerprint density at radius 1 is 0.963 bits per heavy atom. The number of amides is 1. The summed E-state index contributed by atoms with van der Waals surface area (Å²) in [5.74, 6) is -0.527. The van der Waals surface area contributed by atoms with Gasteiger partial charge in [-0.1, -0.05) is 0 Å². The van der Waals surface area contributed by atoms with Crippen molar-refractivity contribution in [3.8, 4) is 17.1 Å². The first-order valence-electron chi connectivity index (χ1n) is 8.32. The number of anilines is 1. The number of hydrogen-bond donors (Lipinski definition) is 1. The Hall–Kier alpha value is -3.61. The van der Waals surface area contributed by atoms with Gasteiger partial charge in [-0.3, -0.25) is 9.36 Å². The summed E-state index contributed by atoms with van der Waals surface area (Å²) in [6, 6.07) is 14.2. The van der Waals surface area contributed by atoms with Crippen LogP contribution in [0.5, 0.6) is 0 Å². The Morgan fingerprint density at radius 3 is 2.59 bits per heavy atom. The van der Waals surface area contributed by atoms with Crippen LogP contribution < -0.4 is 5.32 Å². The number of fused-ring (bicyclic) bond motifs is 2. The summed E-state index contributed by atoms with van der Waals surface area (Å²) in [6.45, 7) is 0. The van der Waals surface area contributed by atoms with Gasteiger partial charge in [-0.15, -0.1) is 0 Å². The molecule has 0 fully saturated rings. The molecule has 5 nitrogen and oxygen atoms in total. The summed E-state index contributed by atoms with van der Waals surface area (Å²) in [4.78, 5) is 20.2. The van der Waals surface area contributed by atoms with Crippen LogP contribution in [-0.4, -0.2) is 20.4 Å². The fourth-order valence-electron chi connectivity index (χ4n) is 3.33. The molecule has 27 heavy (non-hydrogen) atoms. The molecule has 0 aliphatic carbocycles. The summed E-state index contributed by atoms with van der Waals surface area (Å²) in [5, 5.41) is 2.79. The van der Waals surface area contributed by atoms with Crippen molar-refractivity contribution >= 4 is 22.8 Å². The van der Waals surface area contributed by atoms with Gasteiger partial charge in [-0.05, 0) is 60.2 Å². The van der Waals surface area contributed by atoms with E-state index in [4.69, 9.17) is 0 Å². The largest absolute Gasteiger partial charge is 0.326 e. The normalized spacial score (nSPS) is 13.0. The van der Waals surface area contributed by atoms with Crippen molar-refractivity contribution in [3.63, 3.8) is 0 Å². The van der Waals surface area contributed by atoms with Crippen LogP contribution in [0.15, 0.2) is 54.6 Å². The third-order valence-corrected chi connectivity index (χ3v) is 4.55. The van der Waals surface area contributed by atoms with Gasteiger partial charge in [0.25, 0.3) is 0 Å². The molecule has 0 radical (unpaired) electrons. The summed E-state index contributed by atoms with van der Waals surface area (Å²) in [6.07, 6.45) is 0.281. The molecule has 0 bridgehead atoms. The standard InChI is InChI=1S/C20H12F2N4O/c21-13-3-1-11(2-4-13)19-24-16-7-8-17(22)25-20(16)26(19)14-5-6-15-12(9-14)10-18(27)23-15/h1-9H,10H2,(H,23,27). The van der Waals surface area contributed by atoms with E-state index in [1.54, 1.807) is 28.8 Å². The zero-order chi connectivity index (χ0) is 18.5. The highest BCUT2D eigenvalue weighted by molar-refractivity contribution is 5.99. The van der Waals surface area contributed by atoms with Gasteiger partial charge in [-0.2, -0.15) is 9.37 Å². The number of halogens is 2. The molecule has 1 aliphatic rings. The monoisotopic (exact) mass is 362 g/mol. The summed E-state index contributed by atoms with van der Waals surface area (Å²) < 4.78 is 28.9. The molecule has 0 unspecified atom stereocenters. The van der Waals surface area contributed by atoms with Crippen molar-refractivity contribution in [1.82, 2.24) is 14.5 Å². The lowest BCUT2D eigenvalue weighted by Gasteiger charge is -2.10. The summed E-state index contributed by atoms with van der Waals surface area (Å²) >= 11 is 0. The molecule has 2 aromatic heterocycles. The number of nitrogens with one attached hydrogen (secondary N) is 1. The maximum absolute atomic E-state index is 13.8. The molecule has 1 amide bonds. The van der Waals surface area contributed by atoms with Crippen LogP contribution in [0, 0.1) is 11.8 Å². The predicted octanol–water partition coefficient (Wildman–Crippen LogP) is 3.86. The molecule has 4 aromatic rings. The van der Waals surface area contributed by atoms with E-state index in [-0.39, 0.29) is 18.1 Å². The zero-order valence-corrected chi connectivity index (χ0v) is 13.9. The SMILES string of the molecule is O=C1Cc2cc(-n3c(-c4ccc(F)cc4)nc4ccc(F)nc43)ccc2N1. The first kappa shape index (κ1) is 15.6. The fourth-order valence-corrected chi connectivity index (χ4v) is 3.33.